The molecule has 94 valence electrons. The molecule has 0 amide bonds. The molecule has 1 aromatic rings. The van der Waals surface area contributed by atoms with Crippen LogP contribution < -0.4 is 4.90 Å². The molecule has 1 aliphatic heterocycles. The molecule has 17 heavy (non-hydrogen) atoms. The lowest BCUT2D eigenvalue weighted by Crippen LogP contribution is -2.25. The number of nitrogens with zero attached hydrogens (tertiary/aromatic N) is 1. The minimum absolute atomic E-state index is 0.330. The maximum absolute atomic E-state index is 8.79. The molecule has 0 saturated heterocycles. The number of aryl methyl sites for hydroxylation is 1. The Kier molecular flexibility index (Phi) is 4.87. The molecule has 0 atom stereocenters. The van der Waals surface area contributed by atoms with Gasteiger partial charge in [0.15, 0.2) is 0 Å². The molecule has 1 N–H and O–H groups in total. The van der Waals surface area contributed by atoms with Crippen LogP contribution in [0.25, 0.3) is 0 Å². The maximum Gasteiger partial charge on any atom is 0.0431 e. The van der Waals surface area contributed by atoms with Gasteiger partial charge in [-0.15, -0.1) is 0 Å². The molecule has 0 fully saturated rings. The first-order valence-electron chi connectivity index (χ1n) is 6.85. The second-order valence-corrected chi connectivity index (χ2v) is 4.86. The number of benzene rings is 1. The Morgan fingerprint density at radius 3 is 2.82 bits per heavy atom. The van der Waals surface area contributed by atoms with Gasteiger partial charge in [-0.1, -0.05) is 18.2 Å². The quantitative estimate of drug-likeness (QED) is 0.790. The van der Waals surface area contributed by atoms with E-state index in [1.165, 1.54) is 43.5 Å². The number of para-hydroxylation sites is 1. The fourth-order valence-corrected chi connectivity index (χ4v) is 2.59. The van der Waals surface area contributed by atoms with Crippen molar-refractivity contribution in [2.45, 2.75) is 38.5 Å². The third-order valence-electron chi connectivity index (χ3n) is 3.54. The van der Waals surface area contributed by atoms with Crippen molar-refractivity contribution in [3.05, 3.63) is 29.8 Å². The fraction of sp³-hybridized carbons (Fsp3) is 0.600. The van der Waals surface area contributed by atoms with Gasteiger partial charge in [-0.25, -0.2) is 0 Å². The lowest BCUT2D eigenvalue weighted by Gasteiger charge is -2.24. The van der Waals surface area contributed by atoms with E-state index >= 15 is 0 Å². The molecule has 2 rings (SSSR count). The molecule has 1 heterocycles. The molecule has 0 spiro atoms. The zero-order valence-electron chi connectivity index (χ0n) is 10.6. The Balaban J connectivity index is 1.97. The Bertz CT molecular complexity index is 337. The van der Waals surface area contributed by atoms with Crippen LogP contribution in [0.15, 0.2) is 24.3 Å². The standard InChI is InChI=1S/C15H23NO/c17-13-7-1-5-11-16-12-6-4-9-14-8-2-3-10-15(14)16/h2-3,8,10,17H,1,4-7,9,11-13H2. The van der Waals surface area contributed by atoms with Gasteiger partial charge in [0.05, 0.1) is 0 Å². The summed E-state index contributed by atoms with van der Waals surface area (Å²) in [6.07, 6.45) is 7.10. The SMILES string of the molecule is OCCCCCN1CCCCc2ccccc21. The van der Waals surface area contributed by atoms with Crippen molar-refractivity contribution in [1.82, 2.24) is 0 Å². The van der Waals surface area contributed by atoms with E-state index in [9.17, 15) is 0 Å². The topological polar surface area (TPSA) is 23.5 Å². The van der Waals surface area contributed by atoms with Gasteiger partial charge in [-0.05, 0) is 50.2 Å². The van der Waals surface area contributed by atoms with Gasteiger partial charge < -0.3 is 10.0 Å². The van der Waals surface area contributed by atoms with E-state index in [4.69, 9.17) is 5.11 Å². The van der Waals surface area contributed by atoms with E-state index in [0.717, 1.165) is 19.4 Å². The number of unbranched alkanes of at least 4 members (excludes halogenated alkanes) is 2. The van der Waals surface area contributed by atoms with Gasteiger partial charge in [0.25, 0.3) is 0 Å². The predicted molar refractivity (Wildman–Crippen MR) is 72.5 cm³/mol. The van der Waals surface area contributed by atoms with Gasteiger partial charge in [0, 0.05) is 25.4 Å². The molecule has 0 unspecified atom stereocenters. The number of aliphatic hydroxyl groups excluding tert-OH is 1. The van der Waals surface area contributed by atoms with Crippen molar-refractivity contribution < 1.29 is 5.11 Å². The summed E-state index contributed by atoms with van der Waals surface area (Å²) in [7, 11) is 0. The zero-order valence-corrected chi connectivity index (χ0v) is 10.6. The van der Waals surface area contributed by atoms with Crippen LogP contribution in [0.3, 0.4) is 0 Å². The lowest BCUT2D eigenvalue weighted by atomic mass is 10.1. The van der Waals surface area contributed by atoms with Crippen molar-refractivity contribution >= 4 is 5.69 Å². The van der Waals surface area contributed by atoms with E-state index in [0.29, 0.717) is 6.61 Å². The molecule has 0 aliphatic carbocycles. The molecular formula is C15H23NO. The first-order valence-corrected chi connectivity index (χ1v) is 6.85. The largest absolute Gasteiger partial charge is 0.396 e. The number of fused-ring (bicyclic) bond motifs is 1. The molecular weight excluding hydrogens is 210 g/mol. The monoisotopic (exact) mass is 233 g/mol. The Labute approximate surface area is 104 Å². The van der Waals surface area contributed by atoms with Gasteiger partial charge in [-0.2, -0.15) is 0 Å². The minimum atomic E-state index is 0.330. The Hall–Kier alpha value is -1.02. The molecule has 2 heteroatoms. The highest BCUT2D eigenvalue weighted by molar-refractivity contribution is 5.54. The molecule has 0 saturated carbocycles. The first kappa shape index (κ1) is 12.4. The minimum Gasteiger partial charge on any atom is -0.396 e. The number of anilines is 1. The summed E-state index contributed by atoms with van der Waals surface area (Å²) >= 11 is 0. The molecule has 0 radical (unpaired) electrons. The number of aliphatic hydroxyl groups is 1. The van der Waals surface area contributed by atoms with E-state index in [1.54, 1.807) is 0 Å². The Morgan fingerprint density at radius 2 is 1.94 bits per heavy atom. The summed E-state index contributed by atoms with van der Waals surface area (Å²) in [6, 6.07) is 8.81. The molecule has 1 aliphatic rings. The van der Waals surface area contributed by atoms with Crippen molar-refractivity contribution in [1.29, 1.82) is 0 Å². The van der Waals surface area contributed by atoms with Crippen LogP contribution in [0.4, 0.5) is 5.69 Å². The second-order valence-electron chi connectivity index (χ2n) is 4.86. The van der Waals surface area contributed by atoms with Crippen LogP contribution in [0.1, 0.15) is 37.7 Å². The van der Waals surface area contributed by atoms with E-state index in [-0.39, 0.29) is 0 Å². The molecule has 0 bridgehead atoms. The third-order valence-corrected chi connectivity index (χ3v) is 3.54. The highest BCUT2D eigenvalue weighted by Gasteiger charge is 2.13. The number of rotatable bonds is 5. The predicted octanol–water partition coefficient (Wildman–Crippen LogP) is 2.99. The van der Waals surface area contributed by atoms with Gasteiger partial charge in [-0.3, -0.25) is 0 Å². The normalized spacial score (nSPS) is 15.5. The summed E-state index contributed by atoms with van der Waals surface area (Å²) in [5.41, 5.74) is 2.95. The summed E-state index contributed by atoms with van der Waals surface area (Å²) in [5.74, 6) is 0. The molecule has 0 aromatic heterocycles. The van der Waals surface area contributed by atoms with Crippen LogP contribution in [0.2, 0.25) is 0 Å². The lowest BCUT2D eigenvalue weighted by molar-refractivity contribution is 0.283. The average molecular weight is 233 g/mol. The van der Waals surface area contributed by atoms with Crippen molar-refractivity contribution in [3.8, 4) is 0 Å². The second kappa shape index (κ2) is 6.65. The van der Waals surface area contributed by atoms with Crippen molar-refractivity contribution in [2.75, 3.05) is 24.6 Å². The van der Waals surface area contributed by atoms with Gasteiger partial charge in [0.1, 0.15) is 0 Å². The average Bonchev–Trinajstić information content (AvgIpc) is 2.57. The molecule has 1 aromatic carbocycles. The Morgan fingerprint density at radius 1 is 1.06 bits per heavy atom. The van der Waals surface area contributed by atoms with Crippen LogP contribution in [-0.4, -0.2) is 24.8 Å². The summed E-state index contributed by atoms with van der Waals surface area (Å²) < 4.78 is 0. The van der Waals surface area contributed by atoms with Crippen molar-refractivity contribution in [2.24, 2.45) is 0 Å². The van der Waals surface area contributed by atoms with E-state index in [1.807, 2.05) is 0 Å². The van der Waals surface area contributed by atoms with E-state index in [2.05, 4.69) is 29.2 Å². The van der Waals surface area contributed by atoms with Crippen LogP contribution >= 0.6 is 0 Å². The van der Waals surface area contributed by atoms with Gasteiger partial charge >= 0.3 is 0 Å². The maximum atomic E-state index is 8.79. The number of hydrogen-bond donors (Lipinski definition) is 1. The van der Waals surface area contributed by atoms with Gasteiger partial charge in [0.2, 0.25) is 0 Å². The zero-order chi connectivity index (χ0) is 11.9. The number of hydrogen-bond acceptors (Lipinski definition) is 2. The smallest absolute Gasteiger partial charge is 0.0431 e. The summed E-state index contributed by atoms with van der Waals surface area (Å²) in [4.78, 5) is 2.53. The third kappa shape index (κ3) is 3.47. The summed E-state index contributed by atoms with van der Waals surface area (Å²) in [6.45, 7) is 2.66. The fourth-order valence-electron chi connectivity index (χ4n) is 2.59. The van der Waals surface area contributed by atoms with Crippen LogP contribution in [0, 0.1) is 0 Å². The molecule has 2 nitrogen and oxygen atoms in total. The van der Waals surface area contributed by atoms with Crippen LogP contribution in [-0.2, 0) is 6.42 Å². The summed E-state index contributed by atoms with van der Waals surface area (Å²) in [5, 5.41) is 8.79. The van der Waals surface area contributed by atoms with E-state index < -0.39 is 0 Å². The highest BCUT2D eigenvalue weighted by Crippen LogP contribution is 2.26. The first-order chi connectivity index (χ1) is 8.42. The van der Waals surface area contributed by atoms with Crippen LogP contribution in [0.5, 0.6) is 0 Å². The van der Waals surface area contributed by atoms with Crippen molar-refractivity contribution in [3.63, 3.8) is 0 Å². The highest BCUT2D eigenvalue weighted by atomic mass is 16.2.